The lowest BCUT2D eigenvalue weighted by Crippen LogP contribution is -2.25. The largest absolute Gasteiger partial charge is 0.375 e. The van der Waals surface area contributed by atoms with Crippen LogP contribution in [0, 0.1) is 5.92 Å². The number of nitrogens with one attached hydrogen (secondary N) is 1. The molecule has 0 radical (unpaired) electrons. The maximum atomic E-state index is 5.35. The lowest BCUT2D eigenvalue weighted by atomic mass is 9.97. The minimum absolute atomic E-state index is 0.246. The molecule has 0 aromatic rings. The molecule has 0 aliphatic rings. The Labute approximate surface area is 105 Å². The zero-order valence-electron chi connectivity index (χ0n) is 10.8. The van der Waals surface area contributed by atoms with E-state index in [0.717, 1.165) is 25.2 Å². The van der Waals surface area contributed by atoms with Crippen LogP contribution in [-0.2, 0) is 0 Å². The molecule has 0 bridgehead atoms. The second-order valence-corrected chi connectivity index (χ2v) is 4.78. The van der Waals surface area contributed by atoms with Gasteiger partial charge in [0.1, 0.15) is 0 Å². The van der Waals surface area contributed by atoms with Gasteiger partial charge in [-0.05, 0) is 37.4 Å². The van der Waals surface area contributed by atoms with Crippen molar-refractivity contribution in [3.63, 3.8) is 0 Å². The van der Waals surface area contributed by atoms with Gasteiger partial charge in [0.05, 0.1) is 0 Å². The fourth-order valence-corrected chi connectivity index (χ4v) is 1.76. The van der Waals surface area contributed by atoms with E-state index in [9.17, 15) is 0 Å². The van der Waals surface area contributed by atoms with Crippen molar-refractivity contribution in [2.45, 2.75) is 59.3 Å². The molecule has 0 amide bonds. The fraction of sp³-hybridized carbons (Fsp3) is 0.833. The van der Waals surface area contributed by atoms with E-state index in [1.54, 1.807) is 0 Å². The van der Waals surface area contributed by atoms with Crippen molar-refractivity contribution < 1.29 is 0 Å². The van der Waals surface area contributed by atoms with Gasteiger partial charge in [-0.1, -0.05) is 40.0 Å². The molecule has 16 heavy (non-hydrogen) atoms. The van der Waals surface area contributed by atoms with Gasteiger partial charge in [-0.2, -0.15) is 5.10 Å². The summed E-state index contributed by atoms with van der Waals surface area (Å²) in [5.41, 5.74) is 9.22. The molecule has 4 heteroatoms. The van der Waals surface area contributed by atoms with Gasteiger partial charge in [0.2, 0.25) is 0 Å². The van der Waals surface area contributed by atoms with Gasteiger partial charge in [-0.3, -0.25) is 5.43 Å². The van der Waals surface area contributed by atoms with Gasteiger partial charge in [0.15, 0.2) is 5.11 Å². The van der Waals surface area contributed by atoms with Crippen molar-refractivity contribution in [2.75, 3.05) is 0 Å². The third kappa shape index (κ3) is 8.65. The zero-order chi connectivity index (χ0) is 12.4. The maximum absolute atomic E-state index is 5.35. The second-order valence-electron chi connectivity index (χ2n) is 4.34. The Kier molecular flexibility index (Phi) is 9.19. The molecule has 0 spiro atoms. The molecule has 0 heterocycles. The average Bonchev–Trinajstić information content (AvgIpc) is 2.22. The van der Waals surface area contributed by atoms with Gasteiger partial charge >= 0.3 is 0 Å². The summed E-state index contributed by atoms with van der Waals surface area (Å²) >= 11 is 4.73. The van der Waals surface area contributed by atoms with Crippen LogP contribution in [0.25, 0.3) is 0 Å². The first-order valence-electron chi connectivity index (χ1n) is 6.21. The van der Waals surface area contributed by atoms with Crippen molar-refractivity contribution in [3.05, 3.63) is 0 Å². The van der Waals surface area contributed by atoms with Gasteiger partial charge in [0, 0.05) is 5.71 Å². The lowest BCUT2D eigenvalue weighted by molar-refractivity contribution is 0.494. The van der Waals surface area contributed by atoms with Gasteiger partial charge < -0.3 is 5.73 Å². The quantitative estimate of drug-likeness (QED) is 0.391. The van der Waals surface area contributed by atoms with E-state index < -0.39 is 0 Å². The first-order chi connectivity index (χ1) is 7.60. The van der Waals surface area contributed by atoms with Crippen LogP contribution in [-0.4, -0.2) is 10.8 Å². The lowest BCUT2D eigenvalue weighted by Gasteiger charge is -2.11. The standard InChI is InChI=1S/C12H25N3S/c1-4-6-10(3)8-9-11(7-5-2)14-15-12(13)16/h10H,4-9H2,1-3H3,(H3,13,15,16). The van der Waals surface area contributed by atoms with Crippen molar-refractivity contribution >= 4 is 23.0 Å². The van der Waals surface area contributed by atoms with Gasteiger partial charge in [-0.15, -0.1) is 0 Å². The first-order valence-corrected chi connectivity index (χ1v) is 6.61. The number of hydrogen-bond donors (Lipinski definition) is 2. The van der Waals surface area contributed by atoms with Crippen molar-refractivity contribution in [3.8, 4) is 0 Å². The average molecular weight is 243 g/mol. The Bertz CT molecular complexity index is 226. The third-order valence-corrected chi connectivity index (χ3v) is 2.66. The van der Waals surface area contributed by atoms with Crippen LogP contribution in [0.4, 0.5) is 0 Å². The molecule has 1 unspecified atom stereocenters. The summed E-state index contributed by atoms with van der Waals surface area (Å²) in [6, 6.07) is 0. The molecule has 3 nitrogen and oxygen atoms in total. The molecule has 0 aromatic heterocycles. The number of nitrogens with zero attached hydrogens (tertiary/aromatic N) is 1. The smallest absolute Gasteiger partial charge is 0.184 e. The summed E-state index contributed by atoms with van der Waals surface area (Å²) in [5.74, 6) is 0.775. The molecule has 0 aliphatic carbocycles. The third-order valence-electron chi connectivity index (χ3n) is 2.57. The van der Waals surface area contributed by atoms with Crippen molar-refractivity contribution in [1.82, 2.24) is 5.43 Å². The van der Waals surface area contributed by atoms with Crippen LogP contribution in [0.2, 0.25) is 0 Å². The normalized spacial score (nSPS) is 13.6. The second kappa shape index (κ2) is 9.58. The maximum Gasteiger partial charge on any atom is 0.184 e. The van der Waals surface area contributed by atoms with E-state index in [0.29, 0.717) is 0 Å². The monoisotopic (exact) mass is 243 g/mol. The fourth-order valence-electron chi connectivity index (χ4n) is 1.71. The molecule has 0 rings (SSSR count). The molecule has 1 atom stereocenters. The highest BCUT2D eigenvalue weighted by molar-refractivity contribution is 7.80. The van der Waals surface area contributed by atoms with Crippen LogP contribution in [0.1, 0.15) is 59.3 Å². The molecule has 0 fully saturated rings. The number of nitrogens with two attached hydrogens (primary N) is 1. The number of hydrogen-bond acceptors (Lipinski definition) is 2. The highest BCUT2D eigenvalue weighted by Gasteiger charge is 2.04. The summed E-state index contributed by atoms with van der Waals surface area (Å²) in [5, 5.41) is 4.49. The predicted molar refractivity (Wildman–Crippen MR) is 75.6 cm³/mol. The zero-order valence-corrected chi connectivity index (χ0v) is 11.6. The van der Waals surface area contributed by atoms with Crippen LogP contribution in [0.5, 0.6) is 0 Å². The van der Waals surface area contributed by atoms with Crippen molar-refractivity contribution in [1.29, 1.82) is 0 Å². The Morgan fingerprint density at radius 1 is 1.25 bits per heavy atom. The van der Waals surface area contributed by atoms with E-state index in [1.165, 1.54) is 25.0 Å². The Hall–Kier alpha value is -0.640. The van der Waals surface area contributed by atoms with E-state index in [4.69, 9.17) is 18.0 Å². The molecule has 94 valence electrons. The number of hydrazone groups is 1. The van der Waals surface area contributed by atoms with Gasteiger partial charge in [-0.25, -0.2) is 0 Å². The van der Waals surface area contributed by atoms with Crippen molar-refractivity contribution in [2.24, 2.45) is 16.8 Å². The summed E-state index contributed by atoms with van der Waals surface area (Å²) in [4.78, 5) is 0. The van der Waals surface area contributed by atoms with E-state index in [2.05, 4.69) is 31.3 Å². The summed E-state index contributed by atoms with van der Waals surface area (Å²) in [6.07, 6.45) is 6.93. The molecule has 0 saturated heterocycles. The van der Waals surface area contributed by atoms with E-state index >= 15 is 0 Å². The first kappa shape index (κ1) is 15.4. The highest BCUT2D eigenvalue weighted by Crippen LogP contribution is 2.14. The highest BCUT2D eigenvalue weighted by atomic mass is 32.1. The Balaban J connectivity index is 4.02. The van der Waals surface area contributed by atoms with Gasteiger partial charge in [0.25, 0.3) is 0 Å². The predicted octanol–water partition coefficient (Wildman–Crippen LogP) is 3.19. The number of thiocarbonyl (C=S) groups is 1. The van der Waals surface area contributed by atoms with Crippen LogP contribution >= 0.6 is 12.2 Å². The Morgan fingerprint density at radius 2 is 1.94 bits per heavy atom. The van der Waals surface area contributed by atoms with Crippen LogP contribution in [0.3, 0.4) is 0 Å². The summed E-state index contributed by atoms with van der Waals surface area (Å²) < 4.78 is 0. The van der Waals surface area contributed by atoms with Crippen LogP contribution < -0.4 is 11.2 Å². The van der Waals surface area contributed by atoms with Crippen LogP contribution in [0.15, 0.2) is 5.10 Å². The molecule has 0 aromatic carbocycles. The SMILES string of the molecule is CCCC(CCC(C)CCC)=NNC(N)=S. The molecular weight excluding hydrogens is 218 g/mol. The molecular formula is C12H25N3S. The summed E-state index contributed by atoms with van der Waals surface area (Å²) in [6.45, 7) is 6.69. The molecule has 0 saturated carbocycles. The minimum Gasteiger partial charge on any atom is -0.375 e. The topological polar surface area (TPSA) is 50.4 Å². The van der Waals surface area contributed by atoms with E-state index in [-0.39, 0.29) is 5.11 Å². The number of rotatable bonds is 8. The van der Waals surface area contributed by atoms with E-state index in [1.807, 2.05) is 0 Å². The Morgan fingerprint density at radius 3 is 2.44 bits per heavy atom. The minimum atomic E-state index is 0.246. The molecule has 0 aliphatic heterocycles. The summed E-state index contributed by atoms with van der Waals surface area (Å²) in [7, 11) is 0. The molecule has 3 N–H and O–H groups in total.